The van der Waals surface area contributed by atoms with Crippen LogP contribution in [-0.2, 0) is 0 Å². The second-order valence-corrected chi connectivity index (χ2v) is 4.87. The molecule has 0 spiro atoms. The predicted octanol–water partition coefficient (Wildman–Crippen LogP) is 2.14. The fourth-order valence-electron chi connectivity index (χ4n) is 1.32. The van der Waals surface area contributed by atoms with E-state index in [-0.39, 0.29) is 6.61 Å². The number of hydrazone groups is 1. The first-order valence-electron chi connectivity index (χ1n) is 5.12. The highest BCUT2D eigenvalue weighted by Crippen LogP contribution is 2.41. The van der Waals surface area contributed by atoms with Crippen LogP contribution in [0.25, 0.3) is 0 Å². The van der Waals surface area contributed by atoms with Crippen molar-refractivity contribution in [2.75, 3.05) is 27.4 Å². The van der Waals surface area contributed by atoms with Gasteiger partial charge in [0.15, 0.2) is 5.75 Å². The molecule has 7 heteroatoms. The van der Waals surface area contributed by atoms with Gasteiger partial charge in [-0.3, -0.25) is 0 Å². The van der Waals surface area contributed by atoms with Gasteiger partial charge in [0, 0.05) is 5.56 Å². The highest BCUT2D eigenvalue weighted by Gasteiger charge is 2.15. The van der Waals surface area contributed by atoms with E-state index in [1.54, 1.807) is 20.4 Å². The number of aliphatic hydroxyl groups is 1. The third kappa shape index (κ3) is 3.60. The molecule has 0 aromatic heterocycles. The average Bonchev–Trinajstić information content (AvgIpc) is 2.35. The Morgan fingerprint density at radius 3 is 2.56 bits per heavy atom. The molecule has 0 aliphatic carbocycles. The number of nitrogens with zero attached hydrogens (tertiary/aromatic N) is 1. The van der Waals surface area contributed by atoms with Gasteiger partial charge >= 0.3 is 0 Å². The predicted molar refractivity (Wildman–Crippen MR) is 77.6 cm³/mol. The van der Waals surface area contributed by atoms with Gasteiger partial charge in [-0.15, -0.1) is 0 Å². The Kier molecular flexibility index (Phi) is 6.45. The highest BCUT2D eigenvalue weighted by atomic mass is 79.9. The molecule has 2 N–H and O–H groups in total. The molecule has 0 fully saturated rings. The maximum absolute atomic E-state index is 8.63. The zero-order chi connectivity index (χ0) is 13.5. The maximum Gasteiger partial charge on any atom is 0.151 e. The standard InChI is InChI=1S/C11H14Br2N2O3/c1-17-10-7(6-15-14-3-4-16)5-8(12)11(18-2)9(10)13/h5-6,14,16H,3-4H2,1-2H3/b15-6+. The molecule has 5 nitrogen and oxygen atoms in total. The van der Waals surface area contributed by atoms with Crippen LogP contribution in [0.4, 0.5) is 0 Å². The lowest BCUT2D eigenvalue weighted by Crippen LogP contribution is -2.11. The molecule has 0 amide bonds. The van der Waals surface area contributed by atoms with Crippen molar-refractivity contribution in [2.45, 2.75) is 0 Å². The summed E-state index contributed by atoms with van der Waals surface area (Å²) in [5.41, 5.74) is 3.48. The molecular formula is C11H14Br2N2O3. The van der Waals surface area contributed by atoms with Gasteiger partial charge in [0.2, 0.25) is 0 Å². The zero-order valence-electron chi connectivity index (χ0n) is 10.0. The lowest BCUT2D eigenvalue weighted by Gasteiger charge is -2.12. The summed E-state index contributed by atoms with van der Waals surface area (Å²) in [5.74, 6) is 1.29. The van der Waals surface area contributed by atoms with Crippen molar-refractivity contribution in [1.29, 1.82) is 0 Å². The molecule has 0 aliphatic heterocycles. The van der Waals surface area contributed by atoms with Crippen molar-refractivity contribution < 1.29 is 14.6 Å². The van der Waals surface area contributed by atoms with Crippen LogP contribution in [-0.4, -0.2) is 38.7 Å². The Labute approximate surface area is 122 Å². The van der Waals surface area contributed by atoms with E-state index in [2.05, 4.69) is 42.4 Å². The first-order valence-corrected chi connectivity index (χ1v) is 6.71. The van der Waals surface area contributed by atoms with Crippen LogP contribution >= 0.6 is 31.9 Å². The minimum atomic E-state index is 0.0322. The molecule has 0 atom stereocenters. The van der Waals surface area contributed by atoms with E-state index in [4.69, 9.17) is 14.6 Å². The van der Waals surface area contributed by atoms with Gasteiger partial charge in [-0.05, 0) is 37.9 Å². The summed E-state index contributed by atoms with van der Waals surface area (Å²) in [6.07, 6.45) is 1.61. The Balaban J connectivity index is 3.08. The lowest BCUT2D eigenvalue weighted by molar-refractivity contribution is 0.294. The van der Waals surface area contributed by atoms with Gasteiger partial charge in [0.05, 0.1) is 38.1 Å². The fraction of sp³-hybridized carbons (Fsp3) is 0.364. The summed E-state index contributed by atoms with van der Waals surface area (Å²) in [6, 6.07) is 1.84. The molecule has 0 unspecified atom stereocenters. The quantitative estimate of drug-likeness (QED) is 0.450. The van der Waals surface area contributed by atoms with E-state index >= 15 is 0 Å². The summed E-state index contributed by atoms with van der Waals surface area (Å²) in [7, 11) is 3.16. The highest BCUT2D eigenvalue weighted by molar-refractivity contribution is 9.11. The minimum absolute atomic E-state index is 0.0322. The monoisotopic (exact) mass is 380 g/mol. The molecule has 18 heavy (non-hydrogen) atoms. The van der Waals surface area contributed by atoms with Crippen molar-refractivity contribution in [1.82, 2.24) is 5.43 Å². The van der Waals surface area contributed by atoms with Crippen molar-refractivity contribution in [3.8, 4) is 11.5 Å². The Bertz CT molecular complexity index is 439. The van der Waals surface area contributed by atoms with Crippen LogP contribution < -0.4 is 14.9 Å². The Hall–Kier alpha value is -0.790. The van der Waals surface area contributed by atoms with Gasteiger partial charge in [-0.2, -0.15) is 5.10 Å². The topological polar surface area (TPSA) is 63.1 Å². The number of hydrogen-bond acceptors (Lipinski definition) is 5. The summed E-state index contributed by atoms with van der Waals surface area (Å²) in [6.45, 7) is 0.432. The molecule has 100 valence electrons. The third-order valence-electron chi connectivity index (χ3n) is 2.09. The van der Waals surface area contributed by atoms with Gasteiger partial charge in [-0.25, -0.2) is 0 Å². The molecule has 0 aliphatic rings. The fourth-order valence-corrected chi connectivity index (χ4v) is 2.96. The molecule has 0 saturated carbocycles. The second-order valence-electron chi connectivity index (χ2n) is 3.22. The number of halogens is 2. The van der Waals surface area contributed by atoms with E-state index < -0.39 is 0 Å². The van der Waals surface area contributed by atoms with Crippen LogP contribution in [0, 0.1) is 0 Å². The van der Waals surface area contributed by atoms with Gasteiger partial charge in [0.1, 0.15) is 10.2 Å². The SMILES string of the molecule is COc1c(Br)cc(/C=N/NCCO)c(OC)c1Br. The smallest absolute Gasteiger partial charge is 0.151 e. The number of nitrogens with one attached hydrogen (secondary N) is 1. The number of benzene rings is 1. The largest absolute Gasteiger partial charge is 0.495 e. The number of hydrogen-bond donors (Lipinski definition) is 2. The van der Waals surface area contributed by atoms with Crippen molar-refractivity contribution in [2.24, 2.45) is 5.10 Å². The summed E-state index contributed by atoms with van der Waals surface area (Å²) in [5, 5.41) is 12.6. The van der Waals surface area contributed by atoms with Crippen molar-refractivity contribution in [3.05, 3.63) is 20.6 Å². The van der Waals surface area contributed by atoms with E-state index in [1.165, 1.54) is 0 Å². The van der Waals surface area contributed by atoms with Gasteiger partial charge in [-0.1, -0.05) is 0 Å². The van der Waals surface area contributed by atoms with E-state index in [0.717, 1.165) is 10.0 Å². The van der Waals surface area contributed by atoms with Gasteiger partial charge in [0.25, 0.3) is 0 Å². The van der Waals surface area contributed by atoms with Crippen molar-refractivity contribution >= 4 is 38.1 Å². The number of aliphatic hydroxyl groups excluding tert-OH is 1. The third-order valence-corrected chi connectivity index (χ3v) is 3.40. The van der Waals surface area contributed by atoms with Crippen LogP contribution in [0.15, 0.2) is 20.1 Å². The molecule has 1 aromatic carbocycles. The molecule has 0 radical (unpaired) electrons. The minimum Gasteiger partial charge on any atom is -0.495 e. The van der Waals surface area contributed by atoms with Crippen LogP contribution in [0.1, 0.15) is 5.56 Å². The van der Waals surface area contributed by atoms with E-state index in [9.17, 15) is 0 Å². The summed E-state index contributed by atoms with van der Waals surface area (Å²) in [4.78, 5) is 0. The van der Waals surface area contributed by atoms with E-state index in [0.29, 0.717) is 22.5 Å². The van der Waals surface area contributed by atoms with Gasteiger partial charge < -0.3 is 20.0 Å². The first-order chi connectivity index (χ1) is 8.65. The summed E-state index contributed by atoms with van der Waals surface area (Å²) < 4.78 is 12.1. The summed E-state index contributed by atoms with van der Waals surface area (Å²) >= 11 is 6.84. The molecule has 0 heterocycles. The molecule has 0 bridgehead atoms. The molecule has 0 saturated heterocycles. The first kappa shape index (κ1) is 15.3. The number of methoxy groups -OCH3 is 2. The number of ether oxygens (including phenoxy) is 2. The molecule has 1 rings (SSSR count). The Morgan fingerprint density at radius 1 is 1.33 bits per heavy atom. The normalized spacial score (nSPS) is 10.7. The van der Waals surface area contributed by atoms with Crippen LogP contribution in [0.3, 0.4) is 0 Å². The van der Waals surface area contributed by atoms with Crippen LogP contribution in [0.5, 0.6) is 11.5 Å². The van der Waals surface area contributed by atoms with E-state index in [1.807, 2.05) is 6.07 Å². The average molecular weight is 382 g/mol. The van der Waals surface area contributed by atoms with Crippen molar-refractivity contribution in [3.63, 3.8) is 0 Å². The Morgan fingerprint density at radius 2 is 2.00 bits per heavy atom. The maximum atomic E-state index is 8.63. The lowest BCUT2D eigenvalue weighted by atomic mass is 10.2. The molecule has 1 aromatic rings. The number of rotatable bonds is 6. The zero-order valence-corrected chi connectivity index (χ0v) is 13.2. The van der Waals surface area contributed by atoms with Crippen LogP contribution in [0.2, 0.25) is 0 Å². The second kappa shape index (κ2) is 7.60. The molecular weight excluding hydrogens is 368 g/mol.